The molecule has 0 N–H and O–H groups in total. The fourth-order valence-electron chi connectivity index (χ4n) is 3.18. The van der Waals surface area contributed by atoms with Crippen molar-refractivity contribution in [3.05, 3.63) is 64.2 Å². The summed E-state index contributed by atoms with van der Waals surface area (Å²) in [6.07, 6.45) is 2.27. The lowest BCUT2D eigenvalue weighted by Crippen LogP contribution is -2.42. The van der Waals surface area contributed by atoms with Crippen molar-refractivity contribution < 1.29 is 19.2 Å². The van der Waals surface area contributed by atoms with E-state index in [4.69, 9.17) is 9.47 Å². The van der Waals surface area contributed by atoms with E-state index in [0.717, 1.165) is 18.4 Å². The van der Waals surface area contributed by atoms with Gasteiger partial charge < -0.3 is 14.4 Å². The van der Waals surface area contributed by atoms with Crippen molar-refractivity contribution in [2.24, 2.45) is 5.92 Å². The SMILES string of the molecule is COc1cc([N+](=O)[O-])ccc1OCC(=O)N(Cc1ccccc1)C(C)C1CC1. The molecule has 1 unspecified atom stereocenters. The van der Waals surface area contributed by atoms with Gasteiger partial charge in [-0.15, -0.1) is 0 Å². The molecule has 0 heterocycles. The van der Waals surface area contributed by atoms with Gasteiger partial charge in [0.1, 0.15) is 0 Å². The van der Waals surface area contributed by atoms with E-state index < -0.39 is 4.92 Å². The van der Waals surface area contributed by atoms with Gasteiger partial charge in [-0.05, 0) is 37.3 Å². The first kappa shape index (κ1) is 19.7. The normalized spacial score (nSPS) is 14.2. The Bertz CT molecular complexity index is 836. The number of non-ortho nitro benzene ring substituents is 1. The molecule has 1 saturated carbocycles. The molecule has 1 aliphatic rings. The summed E-state index contributed by atoms with van der Waals surface area (Å²) in [5.41, 5.74) is 0.972. The summed E-state index contributed by atoms with van der Waals surface area (Å²) in [4.78, 5) is 25.2. The molecular weight excluding hydrogens is 360 g/mol. The highest BCUT2D eigenvalue weighted by Gasteiger charge is 2.34. The minimum atomic E-state index is -0.504. The zero-order chi connectivity index (χ0) is 20.1. The predicted octanol–water partition coefficient (Wildman–Crippen LogP) is 3.81. The van der Waals surface area contributed by atoms with Crippen molar-refractivity contribution >= 4 is 11.6 Å². The van der Waals surface area contributed by atoms with Crippen molar-refractivity contribution in [1.29, 1.82) is 0 Å². The van der Waals surface area contributed by atoms with Crippen LogP contribution in [0.4, 0.5) is 5.69 Å². The molecule has 7 heteroatoms. The highest BCUT2D eigenvalue weighted by Crippen LogP contribution is 2.36. The number of carbonyl (C=O) groups is 1. The van der Waals surface area contributed by atoms with Crippen LogP contribution in [0.1, 0.15) is 25.3 Å². The Hall–Kier alpha value is -3.09. The van der Waals surface area contributed by atoms with Crippen LogP contribution >= 0.6 is 0 Å². The second-order valence-electron chi connectivity index (χ2n) is 6.97. The quantitative estimate of drug-likeness (QED) is 0.485. The Kier molecular flexibility index (Phi) is 6.13. The summed E-state index contributed by atoms with van der Waals surface area (Å²) in [5.74, 6) is 0.942. The molecule has 7 nitrogen and oxygen atoms in total. The minimum Gasteiger partial charge on any atom is -0.493 e. The van der Waals surface area contributed by atoms with Crippen LogP contribution in [-0.2, 0) is 11.3 Å². The lowest BCUT2D eigenvalue weighted by atomic mass is 10.1. The van der Waals surface area contributed by atoms with Crippen LogP contribution in [0.2, 0.25) is 0 Å². The number of nitrogens with zero attached hydrogens (tertiary/aromatic N) is 2. The molecule has 28 heavy (non-hydrogen) atoms. The second kappa shape index (κ2) is 8.73. The summed E-state index contributed by atoms with van der Waals surface area (Å²) < 4.78 is 10.8. The number of nitro benzene ring substituents is 1. The maximum absolute atomic E-state index is 12.9. The molecule has 1 aliphatic carbocycles. The van der Waals surface area contributed by atoms with Crippen molar-refractivity contribution in [3.8, 4) is 11.5 Å². The first-order valence-corrected chi connectivity index (χ1v) is 9.28. The first-order chi connectivity index (χ1) is 13.5. The van der Waals surface area contributed by atoms with Crippen LogP contribution in [0.3, 0.4) is 0 Å². The highest BCUT2D eigenvalue weighted by atomic mass is 16.6. The summed E-state index contributed by atoms with van der Waals surface area (Å²) >= 11 is 0. The Labute approximate surface area is 164 Å². The summed E-state index contributed by atoms with van der Waals surface area (Å²) in [7, 11) is 1.41. The molecule has 2 aromatic rings. The molecule has 1 fully saturated rings. The third kappa shape index (κ3) is 4.79. The Morgan fingerprint density at radius 2 is 1.93 bits per heavy atom. The maximum atomic E-state index is 12.9. The van der Waals surface area contributed by atoms with E-state index in [-0.39, 0.29) is 30.0 Å². The molecule has 148 valence electrons. The van der Waals surface area contributed by atoms with Gasteiger partial charge in [-0.3, -0.25) is 14.9 Å². The molecule has 0 aromatic heterocycles. The van der Waals surface area contributed by atoms with E-state index >= 15 is 0 Å². The predicted molar refractivity (Wildman–Crippen MR) is 104 cm³/mol. The number of amides is 1. The standard InChI is InChI=1S/C21H24N2O5/c1-15(17-8-9-17)22(13-16-6-4-3-5-7-16)21(24)14-28-19-11-10-18(23(25)26)12-20(19)27-2/h3-7,10-12,15,17H,8-9,13-14H2,1-2H3. The van der Waals surface area contributed by atoms with Crippen LogP contribution in [-0.4, -0.2) is 35.5 Å². The maximum Gasteiger partial charge on any atom is 0.273 e. The third-order valence-corrected chi connectivity index (χ3v) is 5.02. The first-order valence-electron chi connectivity index (χ1n) is 9.28. The number of methoxy groups -OCH3 is 1. The third-order valence-electron chi connectivity index (χ3n) is 5.02. The Morgan fingerprint density at radius 3 is 2.54 bits per heavy atom. The van der Waals surface area contributed by atoms with Gasteiger partial charge in [0.05, 0.1) is 18.1 Å². The molecule has 0 radical (unpaired) electrons. The molecule has 1 atom stereocenters. The zero-order valence-electron chi connectivity index (χ0n) is 16.0. The van der Waals surface area contributed by atoms with Gasteiger partial charge in [0.2, 0.25) is 0 Å². The van der Waals surface area contributed by atoms with Crippen molar-refractivity contribution in [3.63, 3.8) is 0 Å². The lowest BCUT2D eigenvalue weighted by Gasteiger charge is -2.29. The lowest BCUT2D eigenvalue weighted by molar-refractivity contribution is -0.384. The van der Waals surface area contributed by atoms with E-state index in [1.807, 2.05) is 35.2 Å². The Morgan fingerprint density at radius 1 is 1.21 bits per heavy atom. The molecule has 1 amide bonds. The van der Waals surface area contributed by atoms with Gasteiger partial charge in [0, 0.05) is 18.7 Å². The largest absolute Gasteiger partial charge is 0.493 e. The number of nitro groups is 1. The molecule has 3 rings (SSSR count). The average Bonchev–Trinajstić information content (AvgIpc) is 3.55. The van der Waals surface area contributed by atoms with E-state index in [1.54, 1.807) is 0 Å². The van der Waals surface area contributed by atoms with Crippen molar-refractivity contribution in [2.75, 3.05) is 13.7 Å². The second-order valence-corrected chi connectivity index (χ2v) is 6.97. The van der Waals surface area contributed by atoms with E-state index in [0.29, 0.717) is 18.2 Å². The number of benzene rings is 2. The van der Waals surface area contributed by atoms with Crippen LogP contribution in [0, 0.1) is 16.0 Å². The van der Waals surface area contributed by atoms with Gasteiger partial charge in [0.15, 0.2) is 18.1 Å². The van der Waals surface area contributed by atoms with Crippen LogP contribution in [0.5, 0.6) is 11.5 Å². The highest BCUT2D eigenvalue weighted by molar-refractivity contribution is 5.78. The summed E-state index contributed by atoms with van der Waals surface area (Å²) in [6, 6.07) is 14.1. The molecular formula is C21H24N2O5. The molecule has 0 aliphatic heterocycles. The molecule has 0 bridgehead atoms. The zero-order valence-corrected chi connectivity index (χ0v) is 16.0. The van der Waals surface area contributed by atoms with Gasteiger partial charge in [0.25, 0.3) is 11.6 Å². The van der Waals surface area contributed by atoms with Crippen LogP contribution in [0.25, 0.3) is 0 Å². The van der Waals surface area contributed by atoms with Crippen LogP contribution in [0.15, 0.2) is 48.5 Å². The van der Waals surface area contributed by atoms with Gasteiger partial charge in [-0.25, -0.2) is 0 Å². The smallest absolute Gasteiger partial charge is 0.273 e. The van der Waals surface area contributed by atoms with E-state index in [2.05, 4.69) is 6.92 Å². The minimum absolute atomic E-state index is 0.0939. The topological polar surface area (TPSA) is 81.9 Å². The van der Waals surface area contributed by atoms with E-state index in [9.17, 15) is 14.9 Å². The fourth-order valence-corrected chi connectivity index (χ4v) is 3.18. The van der Waals surface area contributed by atoms with Crippen molar-refractivity contribution in [1.82, 2.24) is 4.90 Å². The molecule has 0 spiro atoms. The van der Waals surface area contributed by atoms with Gasteiger partial charge in [-0.1, -0.05) is 30.3 Å². The Balaban J connectivity index is 1.70. The molecule has 2 aromatic carbocycles. The van der Waals surface area contributed by atoms with Gasteiger partial charge in [-0.2, -0.15) is 0 Å². The monoisotopic (exact) mass is 384 g/mol. The number of hydrogen-bond donors (Lipinski definition) is 0. The number of carbonyl (C=O) groups excluding carboxylic acids is 1. The number of ether oxygens (including phenoxy) is 2. The number of rotatable bonds is 9. The van der Waals surface area contributed by atoms with Crippen LogP contribution < -0.4 is 9.47 Å². The summed E-state index contributed by atoms with van der Waals surface area (Å²) in [5, 5.41) is 10.9. The van der Waals surface area contributed by atoms with Crippen molar-refractivity contribution in [2.45, 2.75) is 32.4 Å². The van der Waals surface area contributed by atoms with Gasteiger partial charge >= 0.3 is 0 Å². The summed E-state index contributed by atoms with van der Waals surface area (Å²) in [6.45, 7) is 2.45. The fraction of sp³-hybridized carbons (Fsp3) is 0.381. The average molecular weight is 384 g/mol. The molecule has 0 saturated heterocycles. The van der Waals surface area contributed by atoms with E-state index in [1.165, 1.54) is 25.3 Å². The number of hydrogen-bond acceptors (Lipinski definition) is 5.